The molecule has 0 bridgehead atoms. The van der Waals surface area contributed by atoms with Gasteiger partial charge in [0.2, 0.25) is 0 Å². The molecule has 0 amide bonds. The molecule has 0 aliphatic rings. The molecule has 1 aromatic rings. The molecular weight excluding hydrogens is 136 g/mol. The summed E-state index contributed by atoms with van der Waals surface area (Å²) in [6, 6.07) is 7.68. The summed E-state index contributed by atoms with van der Waals surface area (Å²) in [5.74, 6) is 0. The molecular formula is C9H12N2. The molecule has 0 radical (unpaired) electrons. The highest BCUT2D eigenvalue weighted by molar-refractivity contribution is 5.55. The van der Waals surface area contributed by atoms with Gasteiger partial charge in [-0.3, -0.25) is 0 Å². The number of hydrogen-bond acceptors (Lipinski definition) is 2. The van der Waals surface area contributed by atoms with Crippen LogP contribution in [-0.4, -0.2) is 6.54 Å². The minimum atomic E-state index is 0.564. The predicted molar refractivity (Wildman–Crippen MR) is 48.9 cm³/mol. The molecule has 0 atom stereocenters. The van der Waals surface area contributed by atoms with Crippen molar-refractivity contribution in [2.24, 2.45) is 5.73 Å². The van der Waals surface area contributed by atoms with Crippen LogP contribution < -0.4 is 11.5 Å². The van der Waals surface area contributed by atoms with Crippen LogP contribution in [0, 0.1) is 0 Å². The quantitative estimate of drug-likeness (QED) is 0.620. The highest BCUT2D eigenvalue weighted by Gasteiger charge is 1.85. The summed E-state index contributed by atoms with van der Waals surface area (Å²) in [5, 5.41) is 0. The molecule has 0 aliphatic carbocycles. The van der Waals surface area contributed by atoms with Crippen LogP contribution in [0.1, 0.15) is 5.56 Å². The Bertz CT molecular complexity index is 253. The average Bonchev–Trinajstić information content (AvgIpc) is 2.01. The molecule has 0 saturated heterocycles. The van der Waals surface area contributed by atoms with E-state index in [1.54, 1.807) is 0 Å². The minimum absolute atomic E-state index is 0.564. The van der Waals surface area contributed by atoms with Gasteiger partial charge in [0.15, 0.2) is 0 Å². The molecule has 0 unspecified atom stereocenters. The monoisotopic (exact) mass is 148 g/mol. The number of hydrogen-bond donors (Lipinski definition) is 2. The Morgan fingerprint density at radius 2 is 2.18 bits per heavy atom. The minimum Gasteiger partial charge on any atom is -0.399 e. The Balaban J connectivity index is 2.79. The molecule has 0 heterocycles. The van der Waals surface area contributed by atoms with Crippen molar-refractivity contribution >= 4 is 11.8 Å². The van der Waals surface area contributed by atoms with E-state index < -0.39 is 0 Å². The summed E-state index contributed by atoms with van der Waals surface area (Å²) >= 11 is 0. The SMILES string of the molecule is NCC=Cc1cccc(N)c1. The Morgan fingerprint density at radius 1 is 1.36 bits per heavy atom. The molecule has 0 saturated carbocycles. The number of benzene rings is 1. The molecule has 0 spiro atoms. The highest BCUT2D eigenvalue weighted by Crippen LogP contribution is 2.07. The van der Waals surface area contributed by atoms with E-state index >= 15 is 0 Å². The van der Waals surface area contributed by atoms with Crippen molar-refractivity contribution in [2.45, 2.75) is 0 Å². The maximum absolute atomic E-state index is 5.57. The Labute approximate surface area is 66.5 Å². The summed E-state index contributed by atoms with van der Waals surface area (Å²) in [7, 11) is 0. The normalized spacial score (nSPS) is 10.6. The molecule has 1 rings (SSSR count). The Morgan fingerprint density at radius 3 is 2.82 bits per heavy atom. The topological polar surface area (TPSA) is 52.0 Å². The van der Waals surface area contributed by atoms with Crippen LogP contribution in [0.2, 0.25) is 0 Å². The first-order valence-electron chi connectivity index (χ1n) is 3.55. The van der Waals surface area contributed by atoms with E-state index in [9.17, 15) is 0 Å². The van der Waals surface area contributed by atoms with Crippen molar-refractivity contribution in [3.05, 3.63) is 35.9 Å². The molecule has 1 aromatic carbocycles. The number of nitrogen functional groups attached to an aromatic ring is 1. The second kappa shape index (κ2) is 3.78. The van der Waals surface area contributed by atoms with Crippen LogP contribution in [0.3, 0.4) is 0 Å². The van der Waals surface area contributed by atoms with E-state index in [1.807, 2.05) is 36.4 Å². The summed E-state index contributed by atoms with van der Waals surface area (Å²) in [6.07, 6.45) is 3.85. The van der Waals surface area contributed by atoms with Crippen LogP contribution in [-0.2, 0) is 0 Å². The van der Waals surface area contributed by atoms with Gasteiger partial charge in [-0.15, -0.1) is 0 Å². The van der Waals surface area contributed by atoms with Gasteiger partial charge in [-0.25, -0.2) is 0 Å². The molecule has 0 aliphatic heterocycles. The van der Waals surface area contributed by atoms with Crippen molar-refractivity contribution in [3.63, 3.8) is 0 Å². The van der Waals surface area contributed by atoms with Crippen molar-refractivity contribution < 1.29 is 0 Å². The third kappa shape index (κ3) is 2.43. The van der Waals surface area contributed by atoms with Gasteiger partial charge in [0.05, 0.1) is 0 Å². The van der Waals surface area contributed by atoms with Gasteiger partial charge in [-0.2, -0.15) is 0 Å². The summed E-state index contributed by atoms with van der Waals surface area (Å²) < 4.78 is 0. The first kappa shape index (κ1) is 7.82. The van der Waals surface area contributed by atoms with Gasteiger partial charge in [0.25, 0.3) is 0 Å². The lowest BCUT2D eigenvalue weighted by molar-refractivity contribution is 1.26. The first-order chi connectivity index (χ1) is 5.33. The smallest absolute Gasteiger partial charge is 0.0319 e. The van der Waals surface area contributed by atoms with Gasteiger partial charge in [0.1, 0.15) is 0 Å². The maximum Gasteiger partial charge on any atom is 0.0319 e. The van der Waals surface area contributed by atoms with Gasteiger partial charge in [0, 0.05) is 12.2 Å². The van der Waals surface area contributed by atoms with Crippen molar-refractivity contribution in [2.75, 3.05) is 12.3 Å². The van der Waals surface area contributed by atoms with Crippen LogP contribution >= 0.6 is 0 Å². The molecule has 2 heteroatoms. The maximum atomic E-state index is 5.57. The third-order valence-corrected chi connectivity index (χ3v) is 1.36. The zero-order valence-corrected chi connectivity index (χ0v) is 6.33. The fourth-order valence-corrected chi connectivity index (χ4v) is 0.867. The standard InChI is InChI=1S/C9H12N2/c10-6-2-4-8-3-1-5-9(11)7-8/h1-5,7H,6,10-11H2. The van der Waals surface area contributed by atoms with Crippen molar-refractivity contribution in [1.82, 2.24) is 0 Å². The van der Waals surface area contributed by atoms with Crippen LogP contribution in [0.5, 0.6) is 0 Å². The summed E-state index contributed by atoms with van der Waals surface area (Å²) in [5.41, 5.74) is 12.7. The molecule has 0 fully saturated rings. The van der Waals surface area contributed by atoms with Gasteiger partial charge in [-0.05, 0) is 17.7 Å². The van der Waals surface area contributed by atoms with Crippen LogP contribution in [0.25, 0.3) is 6.08 Å². The molecule has 2 nitrogen and oxygen atoms in total. The van der Waals surface area contributed by atoms with E-state index in [2.05, 4.69) is 0 Å². The summed E-state index contributed by atoms with van der Waals surface area (Å²) in [4.78, 5) is 0. The van der Waals surface area contributed by atoms with E-state index in [0.717, 1.165) is 11.3 Å². The van der Waals surface area contributed by atoms with Crippen molar-refractivity contribution in [1.29, 1.82) is 0 Å². The van der Waals surface area contributed by atoms with Crippen molar-refractivity contribution in [3.8, 4) is 0 Å². The molecule has 11 heavy (non-hydrogen) atoms. The molecule has 0 aromatic heterocycles. The van der Waals surface area contributed by atoms with Gasteiger partial charge in [-0.1, -0.05) is 24.3 Å². The second-order valence-corrected chi connectivity index (χ2v) is 2.31. The fourth-order valence-electron chi connectivity index (χ4n) is 0.867. The molecule has 4 N–H and O–H groups in total. The fraction of sp³-hybridized carbons (Fsp3) is 0.111. The van der Waals surface area contributed by atoms with E-state index in [-0.39, 0.29) is 0 Å². The summed E-state index contributed by atoms with van der Waals surface area (Å²) in [6.45, 7) is 0.564. The highest BCUT2D eigenvalue weighted by atomic mass is 14.5. The number of rotatable bonds is 2. The zero-order valence-electron chi connectivity index (χ0n) is 6.33. The Kier molecular flexibility index (Phi) is 2.69. The largest absolute Gasteiger partial charge is 0.399 e. The third-order valence-electron chi connectivity index (χ3n) is 1.36. The van der Waals surface area contributed by atoms with E-state index in [1.165, 1.54) is 0 Å². The van der Waals surface area contributed by atoms with Gasteiger partial charge >= 0.3 is 0 Å². The Hall–Kier alpha value is -1.28. The lowest BCUT2D eigenvalue weighted by Crippen LogP contribution is -1.92. The van der Waals surface area contributed by atoms with Crippen LogP contribution in [0.15, 0.2) is 30.3 Å². The number of nitrogens with two attached hydrogens (primary N) is 2. The average molecular weight is 148 g/mol. The van der Waals surface area contributed by atoms with E-state index in [4.69, 9.17) is 11.5 Å². The van der Waals surface area contributed by atoms with Gasteiger partial charge < -0.3 is 11.5 Å². The predicted octanol–water partition coefficient (Wildman–Crippen LogP) is 1.24. The second-order valence-electron chi connectivity index (χ2n) is 2.31. The number of anilines is 1. The van der Waals surface area contributed by atoms with E-state index in [0.29, 0.717) is 6.54 Å². The lowest BCUT2D eigenvalue weighted by atomic mass is 10.2. The molecule has 58 valence electrons. The lowest BCUT2D eigenvalue weighted by Gasteiger charge is -1.94. The first-order valence-corrected chi connectivity index (χ1v) is 3.55. The zero-order chi connectivity index (χ0) is 8.10. The van der Waals surface area contributed by atoms with Crippen LogP contribution in [0.4, 0.5) is 5.69 Å².